The lowest BCUT2D eigenvalue weighted by atomic mass is 10.0. The van der Waals surface area contributed by atoms with Gasteiger partial charge in [-0.25, -0.2) is 0 Å². The summed E-state index contributed by atoms with van der Waals surface area (Å²) >= 11 is 5.79. The van der Waals surface area contributed by atoms with Crippen molar-refractivity contribution in [1.82, 2.24) is 5.32 Å². The highest BCUT2D eigenvalue weighted by atomic mass is 35.5. The molecule has 1 unspecified atom stereocenters. The zero-order valence-corrected chi connectivity index (χ0v) is 12.0. The van der Waals surface area contributed by atoms with E-state index in [-0.39, 0.29) is 17.1 Å². The summed E-state index contributed by atoms with van der Waals surface area (Å²) in [6, 6.07) is 5.65. The molecule has 0 heterocycles. The van der Waals surface area contributed by atoms with Gasteiger partial charge in [-0.3, -0.25) is 4.79 Å². The molecule has 2 N–H and O–H groups in total. The molecular weight excluding hydrogens is 280 g/mol. The number of amides is 1. The molecule has 0 aliphatic heterocycles. The first-order valence-electron chi connectivity index (χ1n) is 6.44. The maximum Gasteiger partial charge on any atom is 0.222 e. The van der Waals surface area contributed by atoms with Crippen molar-refractivity contribution in [3.8, 4) is 0 Å². The van der Waals surface area contributed by atoms with Crippen molar-refractivity contribution < 1.29 is 14.7 Å². The number of hydrogen-bond acceptors (Lipinski definition) is 4. The number of carbonyl (C=O) groups excluding carboxylic acids is 1. The number of rotatable bonds is 5. The first-order valence-corrected chi connectivity index (χ1v) is 6.82. The van der Waals surface area contributed by atoms with Crippen molar-refractivity contribution in [2.45, 2.75) is 25.3 Å². The number of oxime groups is 1. The van der Waals surface area contributed by atoms with Crippen LogP contribution in [0.4, 0.5) is 0 Å². The lowest BCUT2D eigenvalue weighted by Gasteiger charge is -2.14. The highest BCUT2D eigenvalue weighted by Gasteiger charge is 2.24. The van der Waals surface area contributed by atoms with Crippen LogP contribution in [0.2, 0.25) is 0 Å². The third-order valence-electron chi connectivity index (χ3n) is 3.42. The fourth-order valence-corrected chi connectivity index (χ4v) is 2.53. The van der Waals surface area contributed by atoms with Crippen molar-refractivity contribution in [3.05, 3.63) is 34.9 Å². The van der Waals surface area contributed by atoms with Crippen molar-refractivity contribution in [2.24, 2.45) is 5.16 Å². The summed E-state index contributed by atoms with van der Waals surface area (Å²) in [5.41, 5.74) is 2.91. The number of aryl methyl sites for hydroxylation is 1. The second-order valence-corrected chi connectivity index (χ2v) is 5.06. The first kappa shape index (κ1) is 14.8. The van der Waals surface area contributed by atoms with Crippen LogP contribution in [0.15, 0.2) is 23.4 Å². The summed E-state index contributed by atoms with van der Waals surface area (Å²) in [5.74, 6) is -0.0104. The molecule has 1 amide bonds. The van der Waals surface area contributed by atoms with Crippen LogP contribution < -0.4 is 5.32 Å². The Morgan fingerprint density at radius 2 is 2.40 bits per heavy atom. The van der Waals surface area contributed by atoms with Gasteiger partial charge in [-0.1, -0.05) is 28.9 Å². The second-order valence-electron chi connectivity index (χ2n) is 4.71. The van der Waals surface area contributed by atoms with Gasteiger partial charge in [0.2, 0.25) is 5.91 Å². The Morgan fingerprint density at radius 3 is 3.10 bits per heavy atom. The highest BCUT2D eigenvalue weighted by Crippen LogP contribution is 2.32. The Balaban J connectivity index is 2.08. The van der Waals surface area contributed by atoms with Gasteiger partial charge in [0.15, 0.2) is 5.17 Å². The Labute approximate surface area is 122 Å². The zero-order chi connectivity index (χ0) is 14.5. The van der Waals surface area contributed by atoms with Crippen LogP contribution in [0, 0.1) is 0 Å². The molecule has 1 aliphatic carbocycles. The molecule has 5 nitrogen and oxygen atoms in total. The molecule has 0 spiro atoms. The van der Waals surface area contributed by atoms with Crippen LogP contribution in [0.5, 0.6) is 0 Å². The van der Waals surface area contributed by atoms with Crippen LogP contribution in [0.1, 0.15) is 35.6 Å². The standard InChI is InChI=1S/C14H17ClN2O3/c1-20-7-6-13(18)16-12-5-3-9-8-10(14(15)17-19)2-4-11(9)12/h2,4,8,12,19H,3,5-7H2,1H3,(H,16,18)/b17-14-. The molecule has 0 fully saturated rings. The monoisotopic (exact) mass is 296 g/mol. The minimum Gasteiger partial charge on any atom is -0.410 e. The molecule has 0 bridgehead atoms. The average molecular weight is 297 g/mol. The second kappa shape index (κ2) is 6.72. The maximum atomic E-state index is 11.7. The molecule has 1 aromatic rings. The molecule has 2 rings (SSSR count). The van der Waals surface area contributed by atoms with Gasteiger partial charge >= 0.3 is 0 Å². The van der Waals surface area contributed by atoms with Crippen LogP contribution in [0.25, 0.3) is 0 Å². The van der Waals surface area contributed by atoms with Gasteiger partial charge in [0, 0.05) is 19.1 Å². The quantitative estimate of drug-likeness (QED) is 0.497. The Bertz CT molecular complexity index is 531. The SMILES string of the molecule is COCCC(=O)NC1CCc2cc(/C(Cl)=N/O)ccc21. The minimum absolute atomic E-state index is 0.0104. The summed E-state index contributed by atoms with van der Waals surface area (Å²) in [6.07, 6.45) is 2.10. The molecule has 20 heavy (non-hydrogen) atoms. The molecule has 1 aromatic carbocycles. The topological polar surface area (TPSA) is 70.9 Å². The van der Waals surface area contributed by atoms with Crippen LogP contribution in [-0.2, 0) is 16.0 Å². The number of hydrogen-bond donors (Lipinski definition) is 2. The fourth-order valence-electron chi connectivity index (χ4n) is 2.41. The molecule has 1 atom stereocenters. The summed E-state index contributed by atoms with van der Waals surface area (Å²) in [5, 5.41) is 14.7. The van der Waals surface area contributed by atoms with E-state index in [0.717, 1.165) is 24.0 Å². The number of nitrogens with one attached hydrogen (secondary N) is 1. The summed E-state index contributed by atoms with van der Waals surface area (Å²) in [6.45, 7) is 0.424. The predicted octanol–water partition coefficient (Wildman–Crippen LogP) is 2.20. The number of benzene rings is 1. The van der Waals surface area contributed by atoms with Gasteiger partial charge in [0.25, 0.3) is 0 Å². The zero-order valence-electron chi connectivity index (χ0n) is 11.2. The van der Waals surface area contributed by atoms with Gasteiger partial charge in [-0.15, -0.1) is 0 Å². The normalized spacial score (nSPS) is 17.9. The third kappa shape index (κ3) is 3.29. The molecule has 1 aliphatic rings. The van der Waals surface area contributed by atoms with Crippen molar-refractivity contribution in [3.63, 3.8) is 0 Å². The molecule has 108 valence electrons. The van der Waals surface area contributed by atoms with E-state index in [2.05, 4.69) is 10.5 Å². The lowest BCUT2D eigenvalue weighted by Crippen LogP contribution is -2.27. The smallest absolute Gasteiger partial charge is 0.222 e. The van der Waals surface area contributed by atoms with Gasteiger partial charge in [0.1, 0.15) is 0 Å². The van der Waals surface area contributed by atoms with Crippen molar-refractivity contribution >= 4 is 22.7 Å². The Morgan fingerprint density at radius 1 is 1.60 bits per heavy atom. The Hall–Kier alpha value is -1.59. The summed E-state index contributed by atoms with van der Waals surface area (Å²) < 4.78 is 4.89. The predicted molar refractivity (Wildman–Crippen MR) is 76.3 cm³/mol. The molecule has 0 aromatic heterocycles. The molecule has 0 radical (unpaired) electrons. The summed E-state index contributed by atoms with van der Waals surface area (Å²) in [7, 11) is 1.58. The minimum atomic E-state index is -0.0104. The number of methoxy groups -OCH3 is 1. The van der Waals surface area contributed by atoms with E-state index in [0.29, 0.717) is 18.6 Å². The van der Waals surface area contributed by atoms with E-state index in [1.54, 1.807) is 13.2 Å². The van der Waals surface area contributed by atoms with Gasteiger partial charge in [0.05, 0.1) is 12.6 Å². The van der Waals surface area contributed by atoms with Gasteiger partial charge in [-0.2, -0.15) is 0 Å². The molecule has 6 heteroatoms. The summed E-state index contributed by atoms with van der Waals surface area (Å²) in [4.78, 5) is 11.7. The molecule has 0 saturated carbocycles. The van der Waals surface area contributed by atoms with E-state index in [1.165, 1.54) is 0 Å². The van der Waals surface area contributed by atoms with Crippen molar-refractivity contribution in [1.29, 1.82) is 0 Å². The van der Waals surface area contributed by atoms with E-state index in [4.69, 9.17) is 21.5 Å². The van der Waals surface area contributed by atoms with Crippen LogP contribution in [-0.4, -0.2) is 30.0 Å². The van der Waals surface area contributed by atoms with Gasteiger partial charge < -0.3 is 15.3 Å². The number of nitrogens with zero attached hydrogens (tertiary/aromatic N) is 1. The number of ether oxygens (including phenoxy) is 1. The van der Waals surface area contributed by atoms with E-state index in [9.17, 15) is 4.79 Å². The van der Waals surface area contributed by atoms with E-state index >= 15 is 0 Å². The highest BCUT2D eigenvalue weighted by molar-refractivity contribution is 6.69. The van der Waals surface area contributed by atoms with Crippen LogP contribution in [0.3, 0.4) is 0 Å². The Kier molecular flexibility index (Phi) is 4.98. The van der Waals surface area contributed by atoms with Gasteiger partial charge in [-0.05, 0) is 30.0 Å². The van der Waals surface area contributed by atoms with Crippen LogP contribution >= 0.6 is 11.6 Å². The fraction of sp³-hybridized carbons (Fsp3) is 0.429. The molecule has 0 saturated heterocycles. The average Bonchev–Trinajstić information content (AvgIpc) is 2.86. The largest absolute Gasteiger partial charge is 0.410 e. The third-order valence-corrected chi connectivity index (χ3v) is 3.71. The molecular formula is C14H17ClN2O3. The lowest BCUT2D eigenvalue weighted by molar-refractivity contribution is -0.122. The van der Waals surface area contributed by atoms with E-state index in [1.807, 2.05) is 12.1 Å². The number of fused-ring (bicyclic) bond motifs is 1. The van der Waals surface area contributed by atoms with E-state index < -0.39 is 0 Å². The van der Waals surface area contributed by atoms with Crippen molar-refractivity contribution in [2.75, 3.05) is 13.7 Å². The first-order chi connectivity index (χ1) is 9.65. The number of carbonyl (C=O) groups is 1. The maximum absolute atomic E-state index is 11.7. The number of halogens is 1.